The molecule has 0 heterocycles. The monoisotopic (exact) mass is 666 g/mol. The Morgan fingerprint density at radius 2 is 1.47 bits per heavy atom. The largest absolute Gasteiger partial charge is 0.480 e. The van der Waals surface area contributed by atoms with Crippen LogP contribution >= 0.6 is 15.9 Å². The molecule has 9 heteroatoms. The molecule has 226 valence electrons. The Kier molecular flexibility index (Phi) is 10.0. The first kappa shape index (κ1) is 31.2. The SMILES string of the molecule is O=C(Cc1ccc(F)cc1)Nc1ccc(Br)cc1C(=O)N[C@@H](Cc1ccc(-c2ccccc2Oc2ccccc2)cc1)C(=O)O. The van der Waals surface area contributed by atoms with Gasteiger partial charge in [-0.25, -0.2) is 9.18 Å². The molecule has 0 saturated heterocycles. The van der Waals surface area contributed by atoms with Crippen molar-refractivity contribution in [3.05, 3.63) is 148 Å². The maximum absolute atomic E-state index is 13.3. The summed E-state index contributed by atoms with van der Waals surface area (Å²) in [5.41, 5.74) is 3.37. The molecular weight excluding hydrogens is 639 g/mol. The van der Waals surface area contributed by atoms with E-state index in [9.17, 15) is 23.9 Å². The van der Waals surface area contributed by atoms with Crippen molar-refractivity contribution in [2.45, 2.75) is 18.9 Å². The smallest absolute Gasteiger partial charge is 0.326 e. The van der Waals surface area contributed by atoms with Crippen LogP contribution < -0.4 is 15.4 Å². The van der Waals surface area contributed by atoms with Crippen molar-refractivity contribution in [3.63, 3.8) is 0 Å². The van der Waals surface area contributed by atoms with E-state index in [-0.39, 0.29) is 24.1 Å². The van der Waals surface area contributed by atoms with Crippen molar-refractivity contribution in [1.82, 2.24) is 5.32 Å². The molecule has 2 amide bonds. The summed E-state index contributed by atoms with van der Waals surface area (Å²) in [5.74, 6) is -1.29. The van der Waals surface area contributed by atoms with E-state index in [1.165, 1.54) is 30.3 Å². The van der Waals surface area contributed by atoms with Gasteiger partial charge >= 0.3 is 5.97 Å². The molecular formula is C36H28BrFN2O5. The Balaban J connectivity index is 1.28. The third-order valence-electron chi connectivity index (χ3n) is 6.94. The number of para-hydroxylation sites is 2. The van der Waals surface area contributed by atoms with Crippen molar-refractivity contribution >= 4 is 39.4 Å². The van der Waals surface area contributed by atoms with Crippen LogP contribution in [0, 0.1) is 5.82 Å². The van der Waals surface area contributed by atoms with Gasteiger partial charge in [0.25, 0.3) is 5.91 Å². The van der Waals surface area contributed by atoms with Crippen LogP contribution in [0.25, 0.3) is 11.1 Å². The predicted molar refractivity (Wildman–Crippen MR) is 174 cm³/mol. The molecule has 0 aliphatic carbocycles. The van der Waals surface area contributed by atoms with E-state index < -0.39 is 29.6 Å². The highest BCUT2D eigenvalue weighted by molar-refractivity contribution is 9.10. The summed E-state index contributed by atoms with van der Waals surface area (Å²) in [6.45, 7) is 0. The maximum Gasteiger partial charge on any atom is 0.326 e. The fourth-order valence-electron chi connectivity index (χ4n) is 4.70. The van der Waals surface area contributed by atoms with Crippen LogP contribution in [0.3, 0.4) is 0 Å². The molecule has 7 nitrogen and oxygen atoms in total. The molecule has 0 spiro atoms. The highest BCUT2D eigenvalue weighted by atomic mass is 79.9. The lowest BCUT2D eigenvalue weighted by Gasteiger charge is -2.17. The minimum Gasteiger partial charge on any atom is -0.480 e. The second-order valence-electron chi connectivity index (χ2n) is 10.2. The summed E-state index contributed by atoms with van der Waals surface area (Å²) in [6.07, 6.45) is -0.00220. The number of benzene rings is 5. The van der Waals surface area contributed by atoms with Crippen molar-refractivity contribution in [1.29, 1.82) is 0 Å². The normalized spacial score (nSPS) is 11.3. The van der Waals surface area contributed by atoms with E-state index in [2.05, 4.69) is 26.6 Å². The van der Waals surface area contributed by atoms with E-state index in [1.807, 2.05) is 78.9 Å². The quantitative estimate of drug-likeness (QED) is 0.134. The molecule has 45 heavy (non-hydrogen) atoms. The number of amides is 2. The van der Waals surface area contributed by atoms with Crippen LogP contribution in [0.15, 0.2) is 126 Å². The molecule has 0 radical (unpaired) electrons. The number of carbonyl (C=O) groups is 3. The zero-order chi connectivity index (χ0) is 31.8. The third-order valence-corrected chi connectivity index (χ3v) is 7.44. The van der Waals surface area contributed by atoms with Crippen LogP contribution in [-0.4, -0.2) is 28.9 Å². The predicted octanol–water partition coefficient (Wildman–Crippen LogP) is 7.65. The van der Waals surface area contributed by atoms with Gasteiger partial charge in [0, 0.05) is 16.5 Å². The number of halogens is 2. The number of carboxylic acids is 1. The molecule has 5 aromatic rings. The summed E-state index contributed by atoms with van der Waals surface area (Å²) in [5, 5.41) is 15.2. The number of aliphatic carboxylic acids is 1. The molecule has 0 aliphatic rings. The number of anilines is 1. The van der Waals surface area contributed by atoms with Crippen molar-refractivity contribution < 1.29 is 28.6 Å². The molecule has 0 unspecified atom stereocenters. The van der Waals surface area contributed by atoms with Crippen molar-refractivity contribution in [3.8, 4) is 22.6 Å². The number of carbonyl (C=O) groups excluding carboxylic acids is 2. The lowest BCUT2D eigenvalue weighted by molar-refractivity contribution is -0.139. The van der Waals surface area contributed by atoms with Crippen LogP contribution in [0.1, 0.15) is 21.5 Å². The number of rotatable bonds is 11. The van der Waals surface area contributed by atoms with Gasteiger partial charge in [-0.3, -0.25) is 9.59 Å². The van der Waals surface area contributed by atoms with E-state index in [4.69, 9.17) is 4.74 Å². The van der Waals surface area contributed by atoms with E-state index in [1.54, 1.807) is 12.1 Å². The van der Waals surface area contributed by atoms with Crippen LogP contribution in [0.5, 0.6) is 11.5 Å². The van der Waals surface area contributed by atoms with Gasteiger partial charge in [-0.15, -0.1) is 0 Å². The molecule has 5 aromatic carbocycles. The summed E-state index contributed by atoms with van der Waals surface area (Å²) in [4.78, 5) is 38.2. The third kappa shape index (κ3) is 8.43. The second-order valence-corrected chi connectivity index (χ2v) is 11.1. The molecule has 0 saturated carbocycles. The Morgan fingerprint density at radius 1 is 0.800 bits per heavy atom. The minimum atomic E-state index is -1.24. The zero-order valence-corrected chi connectivity index (χ0v) is 25.5. The molecule has 0 fully saturated rings. The Hall–Kier alpha value is -5.28. The van der Waals surface area contributed by atoms with Crippen molar-refractivity contribution in [2.75, 3.05) is 5.32 Å². The van der Waals surface area contributed by atoms with Gasteiger partial charge in [0.1, 0.15) is 23.4 Å². The number of hydrogen-bond acceptors (Lipinski definition) is 4. The van der Waals surface area contributed by atoms with Gasteiger partial charge < -0.3 is 20.5 Å². The zero-order valence-electron chi connectivity index (χ0n) is 23.9. The summed E-state index contributed by atoms with van der Waals surface area (Å²) in [6, 6.07) is 33.5. The molecule has 5 rings (SSSR count). The van der Waals surface area contributed by atoms with Gasteiger partial charge in [0.05, 0.1) is 17.7 Å². The molecule has 3 N–H and O–H groups in total. The number of ether oxygens (including phenoxy) is 1. The first-order valence-corrected chi connectivity index (χ1v) is 14.8. The van der Waals surface area contributed by atoms with Crippen LogP contribution in [0.4, 0.5) is 10.1 Å². The van der Waals surface area contributed by atoms with Gasteiger partial charge in [0.15, 0.2) is 0 Å². The average molecular weight is 668 g/mol. The fourth-order valence-corrected chi connectivity index (χ4v) is 5.06. The van der Waals surface area contributed by atoms with Gasteiger partial charge in [-0.05, 0) is 65.2 Å². The summed E-state index contributed by atoms with van der Waals surface area (Å²) in [7, 11) is 0. The minimum absolute atomic E-state index is 0.0315. The lowest BCUT2D eigenvalue weighted by Crippen LogP contribution is -2.42. The lowest BCUT2D eigenvalue weighted by atomic mass is 9.99. The Bertz CT molecular complexity index is 1810. The number of hydrogen-bond donors (Lipinski definition) is 3. The van der Waals surface area contributed by atoms with E-state index >= 15 is 0 Å². The van der Waals surface area contributed by atoms with Gasteiger partial charge in [0.2, 0.25) is 5.91 Å². The molecule has 0 bridgehead atoms. The van der Waals surface area contributed by atoms with Crippen LogP contribution in [0.2, 0.25) is 0 Å². The molecule has 1 atom stereocenters. The first-order valence-electron chi connectivity index (χ1n) is 14.0. The van der Waals surface area contributed by atoms with Gasteiger partial charge in [-0.1, -0.05) is 88.7 Å². The average Bonchev–Trinajstić information content (AvgIpc) is 3.04. The number of carboxylic acid groups (broad SMARTS) is 1. The summed E-state index contributed by atoms with van der Waals surface area (Å²) >= 11 is 3.34. The second kappa shape index (κ2) is 14.5. The molecule has 0 aromatic heterocycles. The topological polar surface area (TPSA) is 105 Å². The highest BCUT2D eigenvalue weighted by Gasteiger charge is 2.23. The Morgan fingerprint density at radius 3 is 2.18 bits per heavy atom. The standard InChI is InChI=1S/C36H28BrFN2O5/c37-26-16-19-31(39-34(41)21-24-12-17-27(38)18-13-24)30(22-26)35(42)40-32(36(43)44)20-23-10-14-25(15-11-23)29-8-4-5-9-33(29)45-28-6-2-1-3-7-28/h1-19,22,32H,20-21H2,(H,39,41)(H,40,42)(H,43,44)/t32-/m0/s1. The number of nitrogens with one attached hydrogen (secondary N) is 2. The molecule has 0 aliphatic heterocycles. The maximum atomic E-state index is 13.3. The van der Waals surface area contributed by atoms with Crippen LogP contribution in [-0.2, 0) is 22.4 Å². The first-order chi connectivity index (χ1) is 21.7. The Labute approximate surface area is 267 Å². The summed E-state index contributed by atoms with van der Waals surface area (Å²) < 4.78 is 19.9. The fraction of sp³-hybridized carbons (Fsp3) is 0.0833. The van der Waals surface area contributed by atoms with E-state index in [0.717, 1.165) is 11.1 Å². The highest BCUT2D eigenvalue weighted by Crippen LogP contribution is 2.33. The van der Waals surface area contributed by atoms with E-state index in [0.29, 0.717) is 27.1 Å². The van der Waals surface area contributed by atoms with Crippen molar-refractivity contribution in [2.24, 2.45) is 0 Å². The van der Waals surface area contributed by atoms with Gasteiger partial charge in [-0.2, -0.15) is 0 Å².